The molecule has 0 fully saturated rings. The number of ether oxygens (including phenoxy) is 1. The van der Waals surface area contributed by atoms with Crippen LogP contribution in [-0.4, -0.2) is 29.3 Å². The van der Waals surface area contributed by atoms with Crippen molar-refractivity contribution in [2.24, 2.45) is 0 Å². The highest BCUT2D eigenvalue weighted by atomic mass is 79.9. The fraction of sp³-hybridized carbons (Fsp3) is 0.545. The van der Waals surface area contributed by atoms with E-state index in [1.54, 1.807) is 26.2 Å². The van der Waals surface area contributed by atoms with Gasteiger partial charge in [-0.15, -0.1) is 0 Å². The normalized spacial score (nSPS) is 11.7. The van der Waals surface area contributed by atoms with Crippen LogP contribution in [0.25, 0.3) is 0 Å². The predicted octanol–water partition coefficient (Wildman–Crippen LogP) is 2.55. The van der Waals surface area contributed by atoms with E-state index in [4.69, 9.17) is 10.1 Å². The molecule has 0 rings (SSSR count). The summed E-state index contributed by atoms with van der Waals surface area (Å²) in [5.74, 6) is -0.482. The van der Waals surface area contributed by atoms with Gasteiger partial charge in [-0.1, -0.05) is 27.7 Å². The third-order valence-corrected chi connectivity index (χ3v) is 2.73. The maximum absolute atomic E-state index is 11.4. The van der Waals surface area contributed by atoms with Crippen LogP contribution in [0.15, 0.2) is 9.89 Å². The fourth-order valence-electron chi connectivity index (χ4n) is 0.807. The number of thioether (sulfide) groups is 1. The molecule has 0 unspecified atom stereocenters. The Morgan fingerprint density at radius 1 is 1.42 bits per heavy atom. The van der Waals surface area contributed by atoms with E-state index in [1.165, 1.54) is 0 Å². The summed E-state index contributed by atoms with van der Waals surface area (Å²) in [4.78, 5) is 22.7. The van der Waals surface area contributed by atoms with Gasteiger partial charge in [0.05, 0.1) is 0 Å². The van der Waals surface area contributed by atoms with Gasteiger partial charge in [-0.05, 0) is 37.6 Å². The number of hydrogen-bond donors (Lipinski definition) is 3. The van der Waals surface area contributed by atoms with Gasteiger partial charge in [-0.3, -0.25) is 10.2 Å². The number of amidine groups is 1. The number of allylic oxidation sites excluding steroid dienone is 1. The lowest BCUT2D eigenvalue weighted by Crippen LogP contribution is -2.40. The predicted molar refractivity (Wildman–Crippen MR) is 80.4 cm³/mol. The SMILES string of the molecule is C/C(Br)=C\SC(=N)NC(=O)CNC(=O)OC(C)(C)C. The Morgan fingerprint density at radius 2 is 2.00 bits per heavy atom. The van der Waals surface area contributed by atoms with Gasteiger partial charge in [-0.25, -0.2) is 4.79 Å². The van der Waals surface area contributed by atoms with Crippen molar-refractivity contribution in [3.63, 3.8) is 0 Å². The van der Waals surface area contributed by atoms with E-state index in [2.05, 4.69) is 26.6 Å². The van der Waals surface area contributed by atoms with Crippen molar-refractivity contribution in [1.29, 1.82) is 5.41 Å². The first-order valence-electron chi connectivity index (χ1n) is 5.44. The molecule has 2 amide bonds. The molecule has 0 radical (unpaired) electrons. The van der Waals surface area contributed by atoms with Gasteiger partial charge in [0.25, 0.3) is 0 Å². The number of nitrogens with one attached hydrogen (secondary N) is 3. The molecule has 0 bridgehead atoms. The van der Waals surface area contributed by atoms with Crippen LogP contribution < -0.4 is 10.6 Å². The highest BCUT2D eigenvalue weighted by molar-refractivity contribution is 9.11. The lowest BCUT2D eigenvalue weighted by Gasteiger charge is -2.19. The van der Waals surface area contributed by atoms with Crippen LogP contribution in [0.1, 0.15) is 27.7 Å². The van der Waals surface area contributed by atoms with Crippen LogP contribution in [0.4, 0.5) is 4.79 Å². The second-order valence-corrected chi connectivity index (χ2v) is 6.69. The summed E-state index contributed by atoms with van der Waals surface area (Å²) >= 11 is 4.26. The Labute approximate surface area is 125 Å². The van der Waals surface area contributed by atoms with Gasteiger partial charge in [0.2, 0.25) is 5.91 Å². The van der Waals surface area contributed by atoms with Gasteiger partial charge in [0.15, 0.2) is 5.17 Å². The molecule has 0 aromatic rings. The quantitative estimate of drug-likeness (QED) is 0.538. The summed E-state index contributed by atoms with van der Waals surface area (Å²) in [5.41, 5.74) is -0.610. The Morgan fingerprint density at radius 3 is 2.47 bits per heavy atom. The lowest BCUT2D eigenvalue weighted by molar-refractivity contribution is -0.118. The monoisotopic (exact) mass is 351 g/mol. The van der Waals surface area contributed by atoms with Gasteiger partial charge in [0, 0.05) is 0 Å². The summed E-state index contributed by atoms with van der Waals surface area (Å²) in [7, 11) is 0. The summed E-state index contributed by atoms with van der Waals surface area (Å²) in [6.45, 7) is 6.76. The molecule has 0 saturated carbocycles. The van der Waals surface area contributed by atoms with Crippen molar-refractivity contribution in [3.05, 3.63) is 9.89 Å². The minimum Gasteiger partial charge on any atom is -0.444 e. The minimum atomic E-state index is -0.668. The maximum Gasteiger partial charge on any atom is 0.408 e. The van der Waals surface area contributed by atoms with Crippen molar-refractivity contribution >= 4 is 44.9 Å². The van der Waals surface area contributed by atoms with Crippen LogP contribution in [0.3, 0.4) is 0 Å². The second-order valence-electron chi connectivity index (χ2n) is 4.56. The number of hydrogen-bond acceptors (Lipinski definition) is 5. The highest BCUT2D eigenvalue weighted by Gasteiger charge is 2.16. The van der Waals surface area contributed by atoms with Crippen molar-refractivity contribution in [1.82, 2.24) is 10.6 Å². The molecule has 108 valence electrons. The Kier molecular flexibility index (Phi) is 7.77. The molecule has 3 N–H and O–H groups in total. The number of amides is 2. The van der Waals surface area contributed by atoms with Crippen molar-refractivity contribution < 1.29 is 14.3 Å². The van der Waals surface area contributed by atoms with Gasteiger partial charge in [0.1, 0.15) is 12.1 Å². The van der Waals surface area contributed by atoms with Crippen LogP contribution in [-0.2, 0) is 9.53 Å². The molecule has 0 heterocycles. The van der Waals surface area contributed by atoms with Crippen LogP contribution in [0.2, 0.25) is 0 Å². The molecular formula is C11H18BrN3O3S. The summed E-state index contributed by atoms with van der Waals surface area (Å²) < 4.78 is 5.82. The molecule has 0 atom stereocenters. The molecule has 8 heteroatoms. The Bertz CT molecular complexity index is 387. The average molecular weight is 352 g/mol. The molecule has 0 saturated heterocycles. The standard InChI is InChI=1S/C11H18BrN3O3S/c1-7(12)6-19-9(13)15-8(16)5-14-10(17)18-11(2,3)4/h6H,5H2,1-4H3,(H,14,17)(H2,13,15,16)/b7-6+. The highest BCUT2D eigenvalue weighted by Crippen LogP contribution is 2.11. The summed E-state index contributed by atoms with van der Waals surface area (Å²) in [5, 5.41) is 13.7. The first-order chi connectivity index (χ1) is 8.60. The number of rotatable bonds is 3. The maximum atomic E-state index is 11.4. The molecule has 0 spiro atoms. The Balaban J connectivity index is 3.97. The summed E-state index contributed by atoms with van der Waals surface area (Å²) in [6, 6.07) is 0. The molecule has 0 aliphatic rings. The number of carbonyl (C=O) groups excluding carboxylic acids is 2. The third kappa shape index (κ3) is 11.8. The van der Waals surface area contributed by atoms with Crippen molar-refractivity contribution in [3.8, 4) is 0 Å². The van der Waals surface area contributed by atoms with Crippen LogP contribution in [0.5, 0.6) is 0 Å². The Hall–Kier alpha value is -1.02. The second kappa shape index (κ2) is 8.21. The van der Waals surface area contributed by atoms with E-state index in [9.17, 15) is 9.59 Å². The van der Waals surface area contributed by atoms with E-state index in [0.717, 1.165) is 16.2 Å². The zero-order valence-corrected chi connectivity index (χ0v) is 13.7. The van der Waals surface area contributed by atoms with Crippen molar-refractivity contribution in [2.45, 2.75) is 33.3 Å². The van der Waals surface area contributed by atoms with E-state index in [-0.39, 0.29) is 11.7 Å². The molecule has 19 heavy (non-hydrogen) atoms. The van der Waals surface area contributed by atoms with Gasteiger partial charge >= 0.3 is 6.09 Å². The third-order valence-electron chi connectivity index (χ3n) is 1.38. The van der Waals surface area contributed by atoms with E-state index >= 15 is 0 Å². The number of halogens is 1. The molecule has 0 aliphatic carbocycles. The molecule has 0 aliphatic heterocycles. The first-order valence-corrected chi connectivity index (χ1v) is 7.11. The van der Waals surface area contributed by atoms with E-state index in [1.807, 2.05) is 6.92 Å². The molecule has 6 nitrogen and oxygen atoms in total. The molecule has 0 aromatic carbocycles. The van der Waals surface area contributed by atoms with Crippen molar-refractivity contribution in [2.75, 3.05) is 6.54 Å². The van der Waals surface area contributed by atoms with Crippen LogP contribution in [0, 0.1) is 5.41 Å². The smallest absolute Gasteiger partial charge is 0.408 e. The average Bonchev–Trinajstić information content (AvgIpc) is 2.21. The minimum absolute atomic E-state index is 0.0187. The van der Waals surface area contributed by atoms with E-state index < -0.39 is 17.6 Å². The van der Waals surface area contributed by atoms with Crippen LogP contribution >= 0.6 is 27.7 Å². The van der Waals surface area contributed by atoms with Gasteiger partial charge < -0.3 is 15.4 Å². The van der Waals surface area contributed by atoms with Gasteiger partial charge in [-0.2, -0.15) is 0 Å². The topological polar surface area (TPSA) is 91.3 Å². The summed E-state index contributed by atoms with van der Waals surface area (Å²) in [6.07, 6.45) is -0.668. The first kappa shape index (κ1) is 18.0. The molecular weight excluding hydrogens is 334 g/mol. The zero-order valence-electron chi connectivity index (χ0n) is 11.3. The number of carbonyl (C=O) groups is 2. The number of alkyl carbamates (subject to hydrolysis) is 1. The largest absolute Gasteiger partial charge is 0.444 e. The zero-order chi connectivity index (χ0) is 15.1. The van der Waals surface area contributed by atoms with E-state index in [0.29, 0.717) is 0 Å². The lowest BCUT2D eigenvalue weighted by atomic mass is 10.2. The fourth-order valence-corrected chi connectivity index (χ4v) is 1.54. The molecule has 0 aromatic heterocycles.